The Hall–Kier alpha value is -2.00. The fourth-order valence-electron chi connectivity index (χ4n) is 2.28. The summed E-state index contributed by atoms with van der Waals surface area (Å²) in [6, 6.07) is 13.2. The summed E-state index contributed by atoms with van der Waals surface area (Å²) in [4.78, 5) is 14.4. The van der Waals surface area contributed by atoms with E-state index in [-0.39, 0.29) is 5.91 Å². The topological polar surface area (TPSA) is 46.3 Å². The molecule has 2 rings (SSSR count). The van der Waals surface area contributed by atoms with E-state index in [1.54, 1.807) is 23.1 Å². The van der Waals surface area contributed by atoms with Gasteiger partial charge in [-0.1, -0.05) is 47.5 Å². The van der Waals surface area contributed by atoms with Crippen LogP contribution in [0.4, 0.5) is 5.69 Å². The number of nitrogens with two attached hydrogens (primary N) is 1. The highest BCUT2D eigenvalue weighted by atomic mass is 35.5. The first-order valence-electron chi connectivity index (χ1n) is 6.91. The van der Waals surface area contributed by atoms with Gasteiger partial charge in [-0.25, -0.2) is 0 Å². The van der Waals surface area contributed by atoms with Crippen LogP contribution in [-0.2, 0) is 6.54 Å². The molecule has 0 aromatic heterocycles. The van der Waals surface area contributed by atoms with Gasteiger partial charge < -0.3 is 10.6 Å². The first-order valence-corrected chi connectivity index (χ1v) is 7.29. The number of rotatable bonds is 4. The number of amides is 1. The summed E-state index contributed by atoms with van der Waals surface area (Å²) in [6.07, 6.45) is 0. The summed E-state index contributed by atoms with van der Waals surface area (Å²) in [5, 5.41) is 0.391. The molecule has 2 aromatic carbocycles. The third-order valence-corrected chi connectivity index (χ3v) is 3.70. The summed E-state index contributed by atoms with van der Waals surface area (Å²) in [6.45, 7) is 5.12. The van der Waals surface area contributed by atoms with E-state index in [1.165, 1.54) is 5.56 Å². The summed E-state index contributed by atoms with van der Waals surface area (Å²) < 4.78 is 0. The largest absolute Gasteiger partial charge is 0.398 e. The summed E-state index contributed by atoms with van der Waals surface area (Å²) >= 11 is 6.13. The van der Waals surface area contributed by atoms with E-state index in [1.807, 2.05) is 32.0 Å². The van der Waals surface area contributed by atoms with Crippen molar-refractivity contribution in [3.05, 3.63) is 64.2 Å². The van der Waals surface area contributed by atoms with Crippen molar-refractivity contribution in [2.45, 2.75) is 20.4 Å². The number of halogens is 1. The Balaban J connectivity index is 2.27. The second kappa shape index (κ2) is 6.64. The second-order valence-corrected chi connectivity index (χ2v) is 5.42. The van der Waals surface area contributed by atoms with E-state index in [0.717, 1.165) is 5.56 Å². The lowest BCUT2D eigenvalue weighted by Gasteiger charge is -2.22. The van der Waals surface area contributed by atoms with Crippen LogP contribution in [0, 0.1) is 6.92 Å². The Morgan fingerprint density at radius 1 is 1.24 bits per heavy atom. The van der Waals surface area contributed by atoms with Crippen LogP contribution in [0.15, 0.2) is 42.5 Å². The van der Waals surface area contributed by atoms with Crippen LogP contribution in [0.1, 0.15) is 28.4 Å². The molecule has 0 fully saturated rings. The maximum atomic E-state index is 12.7. The number of benzene rings is 2. The van der Waals surface area contributed by atoms with Crippen molar-refractivity contribution < 1.29 is 4.79 Å². The second-order valence-electron chi connectivity index (χ2n) is 5.01. The minimum absolute atomic E-state index is 0.137. The molecule has 3 nitrogen and oxygen atoms in total. The maximum absolute atomic E-state index is 12.7. The van der Waals surface area contributed by atoms with Gasteiger partial charge in [0.2, 0.25) is 0 Å². The Labute approximate surface area is 130 Å². The van der Waals surface area contributed by atoms with Crippen molar-refractivity contribution in [3.63, 3.8) is 0 Å². The molecule has 0 spiro atoms. The zero-order chi connectivity index (χ0) is 15.4. The van der Waals surface area contributed by atoms with Crippen LogP contribution >= 0.6 is 11.6 Å². The number of anilines is 1. The molecule has 4 heteroatoms. The van der Waals surface area contributed by atoms with Crippen LogP contribution in [-0.4, -0.2) is 17.4 Å². The van der Waals surface area contributed by atoms with Crippen molar-refractivity contribution in [1.82, 2.24) is 4.90 Å². The van der Waals surface area contributed by atoms with E-state index in [4.69, 9.17) is 17.3 Å². The van der Waals surface area contributed by atoms with Crippen LogP contribution in [0.3, 0.4) is 0 Å². The Kier molecular flexibility index (Phi) is 4.86. The number of aryl methyl sites for hydroxylation is 1. The summed E-state index contributed by atoms with van der Waals surface area (Å²) in [7, 11) is 0. The molecule has 0 aliphatic carbocycles. The first-order chi connectivity index (χ1) is 10.0. The van der Waals surface area contributed by atoms with E-state index in [0.29, 0.717) is 29.4 Å². The predicted molar refractivity (Wildman–Crippen MR) is 87.5 cm³/mol. The van der Waals surface area contributed by atoms with Gasteiger partial charge in [-0.2, -0.15) is 0 Å². The lowest BCUT2D eigenvalue weighted by Crippen LogP contribution is -2.31. The minimum Gasteiger partial charge on any atom is -0.398 e. The van der Waals surface area contributed by atoms with Gasteiger partial charge in [0.15, 0.2) is 0 Å². The van der Waals surface area contributed by atoms with Gasteiger partial charge in [0.25, 0.3) is 5.91 Å². The minimum atomic E-state index is -0.137. The van der Waals surface area contributed by atoms with Gasteiger partial charge in [0.1, 0.15) is 0 Å². The van der Waals surface area contributed by atoms with Crippen molar-refractivity contribution in [2.24, 2.45) is 0 Å². The van der Waals surface area contributed by atoms with Gasteiger partial charge in [-0.3, -0.25) is 4.79 Å². The molecule has 2 aromatic rings. The lowest BCUT2D eigenvalue weighted by molar-refractivity contribution is 0.0754. The van der Waals surface area contributed by atoms with Crippen LogP contribution < -0.4 is 5.73 Å². The van der Waals surface area contributed by atoms with E-state index >= 15 is 0 Å². The molecule has 0 bridgehead atoms. The molecule has 0 heterocycles. The molecule has 0 unspecified atom stereocenters. The van der Waals surface area contributed by atoms with E-state index in [2.05, 4.69) is 6.07 Å². The van der Waals surface area contributed by atoms with Gasteiger partial charge in [0, 0.05) is 18.8 Å². The zero-order valence-electron chi connectivity index (χ0n) is 12.3. The highest BCUT2D eigenvalue weighted by Crippen LogP contribution is 2.24. The Bertz CT molecular complexity index is 635. The van der Waals surface area contributed by atoms with E-state index in [9.17, 15) is 4.79 Å². The van der Waals surface area contributed by atoms with Crippen LogP contribution in [0.25, 0.3) is 0 Å². The quantitative estimate of drug-likeness (QED) is 0.871. The third kappa shape index (κ3) is 3.56. The average Bonchev–Trinajstić information content (AvgIpc) is 2.44. The van der Waals surface area contributed by atoms with Crippen molar-refractivity contribution in [1.29, 1.82) is 0 Å². The molecular weight excluding hydrogens is 284 g/mol. The SMILES string of the molecule is CCN(Cc1cccc(C)c1)C(=O)c1c(N)cccc1Cl. The highest BCUT2D eigenvalue weighted by Gasteiger charge is 2.19. The molecule has 0 aliphatic heterocycles. The number of hydrogen-bond donors (Lipinski definition) is 1. The average molecular weight is 303 g/mol. The molecule has 0 radical (unpaired) electrons. The molecule has 0 saturated carbocycles. The molecule has 0 aliphatic rings. The van der Waals surface area contributed by atoms with Crippen LogP contribution in [0.5, 0.6) is 0 Å². The molecular formula is C17H19ClN2O. The smallest absolute Gasteiger partial charge is 0.257 e. The number of nitrogens with zero attached hydrogens (tertiary/aromatic N) is 1. The zero-order valence-corrected chi connectivity index (χ0v) is 13.0. The summed E-state index contributed by atoms with van der Waals surface area (Å²) in [5.41, 5.74) is 8.96. The third-order valence-electron chi connectivity index (χ3n) is 3.38. The van der Waals surface area contributed by atoms with Gasteiger partial charge >= 0.3 is 0 Å². The molecule has 2 N–H and O–H groups in total. The van der Waals surface area contributed by atoms with E-state index < -0.39 is 0 Å². The van der Waals surface area contributed by atoms with Crippen LogP contribution in [0.2, 0.25) is 5.02 Å². The fourth-order valence-corrected chi connectivity index (χ4v) is 2.55. The monoisotopic (exact) mass is 302 g/mol. The fraction of sp³-hybridized carbons (Fsp3) is 0.235. The number of nitrogen functional groups attached to an aromatic ring is 1. The van der Waals surface area contributed by atoms with Gasteiger partial charge in [-0.15, -0.1) is 0 Å². The number of carbonyl (C=O) groups excluding carboxylic acids is 1. The van der Waals surface area contributed by atoms with Crippen molar-refractivity contribution >= 4 is 23.2 Å². The molecule has 1 amide bonds. The van der Waals surface area contributed by atoms with Crippen molar-refractivity contribution in [3.8, 4) is 0 Å². The predicted octanol–water partition coefficient (Wildman–Crippen LogP) is 3.89. The first kappa shape index (κ1) is 15.4. The Morgan fingerprint density at radius 3 is 2.57 bits per heavy atom. The number of hydrogen-bond acceptors (Lipinski definition) is 2. The van der Waals surface area contributed by atoms with Crippen molar-refractivity contribution in [2.75, 3.05) is 12.3 Å². The number of carbonyl (C=O) groups is 1. The van der Waals surface area contributed by atoms with Gasteiger partial charge in [0.05, 0.1) is 10.6 Å². The molecule has 0 saturated heterocycles. The lowest BCUT2D eigenvalue weighted by atomic mass is 10.1. The highest BCUT2D eigenvalue weighted by molar-refractivity contribution is 6.34. The Morgan fingerprint density at radius 2 is 1.95 bits per heavy atom. The standard InChI is InChI=1S/C17H19ClN2O/c1-3-20(11-13-7-4-6-12(2)10-13)17(21)16-14(18)8-5-9-15(16)19/h4-10H,3,11,19H2,1-2H3. The molecule has 21 heavy (non-hydrogen) atoms. The normalized spacial score (nSPS) is 10.4. The maximum Gasteiger partial charge on any atom is 0.257 e. The van der Waals surface area contributed by atoms with Gasteiger partial charge in [-0.05, 0) is 31.5 Å². The summed E-state index contributed by atoms with van der Waals surface area (Å²) in [5.74, 6) is -0.137. The molecule has 110 valence electrons. The molecule has 0 atom stereocenters.